The molecule has 1 N–H and O–H groups in total. The van der Waals surface area contributed by atoms with Crippen molar-refractivity contribution in [3.05, 3.63) is 102 Å². The van der Waals surface area contributed by atoms with Gasteiger partial charge in [-0.2, -0.15) is 0 Å². The fraction of sp³-hybridized carbons (Fsp3) is 0.250. The first-order valence-corrected chi connectivity index (χ1v) is 9.93. The van der Waals surface area contributed by atoms with Gasteiger partial charge in [0.2, 0.25) is 0 Å². The quantitative estimate of drug-likeness (QED) is 0.731. The van der Waals surface area contributed by atoms with Crippen LogP contribution in [-0.4, -0.2) is 58.1 Å². The third-order valence-electron chi connectivity index (χ3n) is 5.49. The Bertz CT molecular complexity index is 879. The van der Waals surface area contributed by atoms with E-state index in [0.717, 1.165) is 6.54 Å². The molecule has 1 aromatic heterocycles. The zero-order chi connectivity index (χ0) is 20.1. The molecule has 0 bridgehead atoms. The summed E-state index contributed by atoms with van der Waals surface area (Å²) in [7, 11) is 0. The van der Waals surface area contributed by atoms with E-state index in [0.29, 0.717) is 18.7 Å². The van der Waals surface area contributed by atoms with Gasteiger partial charge in [-0.3, -0.25) is 14.7 Å². The predicted molar refractivity (Wildman–Crippen MR) is 112 cm³/mol. The number of aromatic nitrogens is 1. The summed E-state index contributed by atoms with van der Waals surface area (Å²) in [6.45, 7) is 1.84. The van der Waals surface area contributed by atoms with Crippen LogP contribution in [-0.2, 0) is 0 Å². The van der Waals surface area contributed by atoms with Crippen LogP contribution in [0.15, 0.2) is 85.2 Å². The number of carbonyl (C=O) groups is 1. The van der Waals surface area contributed by atoms with Crippen LogP contribution in [0.2, 0.25) is 0 Å². The number of hydrogen-bond donors (Lipinski definition) is 1. The van der Waals surface area contributed by atoms with E-state index in [1.165, 1.54) is 11.1 Å². The number of piperazine rings is 1. The molecular formula is C24H25N3O2. The van der Waals surface area contributed by atoms with Crippen molar-refractivity contribution in [3.63, 3.8) is 0 Å². The lowest BCUT2D eigenvalue weighted by molar-refractivity contribution is 0.0227. The highest BCUT2D eigenvalue weighted by atomic mass is 16.3. The van der Waals surface area contributed by atoms with Gasteiger partial charge in [0.25, 0.3) is 5.91 Å². The van der Waals surface area contributed by atoms with Gasteiger partial charge in [-0.15, -0.1) is 0 Å². The Morgan fingerprint density at radius 1 is 0.966 bits per heavy atom. The lowest BCUT2D eigenvalue weighted by Gasteiger charge is -2.44. The molecule has 5 heteroatoms. The zero-order valence-electron chi connectivity index (χ0n) is 16.3. The number of carbonyl (C=O) groups excluding carboxylic acids is 1. The summed E-state index contributed by atoms with van der Waals surface area (Å²) in [6, 6.07) is 24.2. The molecule has 1 saturated heterocycles. The highest BCUT2D eigenvalue weighted by Gasteiger charge is 2.34. The van der Waals surface area contributed by atoms with Gasteiger partial charge in [0, 0.05) is 32.0 Å². The van der Waals surface area contributed by atoms with Crippen LogP contribution >= 0.6 is 0 Å². The van der Waals surface area contributed by atoms with Crippen molar-refractivity contribution in [1.82, 2.24) is 14.8 Å². The van der Waals surface area contributed by atoms with E-state index < -0.39 is 0 Å². The molecule has 0 radical (unpaired) electrons. The minimum absolute atomic E-state index is 0.0706. The summed E-state index contributed by atoms with van der Waals surface area (Å²) < 4.78 is 0. The average molecular weight is 387 g/mol. The molecule has 0 spiro atoms. The first kappa shape index (κ1) is 19.3. The number of nitrogens with zero attached hydrogens (tertiary/aromatic N) is 3. The standard InChI is InChI=1S/C24H25N3O2/c28-18-22-17-26(14-15-27(22)24(29)21-12-7-13-25-16-21)23(19-8-3-1-4-9-19)20-10-5-2-6-11-20/h1-13,16,22-23,28H,14-15,17-18H2. The first-order valence-electron chi connectivity index (χ1n) is 9.93. The fourth-order valence-corrected chi connectivity index (χ4v) is 4.08. The highest BCUT2D eigenvalue weighted by Crippen LogP contribution is 2.30. The summed E-state index contributed by atoms with van der Waals surface area (Å²) in [5.41, 5.74) is 2.98. The molecule has 1 fully saturated rings. The smallest absolute Gasteiger partial charge is 0.255 e. The van der Waals surface area contributed by atoms with Crippen molar-refractivity contribution >= 4 is 5.91 Å². The average Bonchev–Trinajstić information content (AvgIpc) is 2.81. The van der Waals surface area contributed by atoms with Gasteiger partial charge in [-0.05, 0) is 23.3 Å². The molecule has 3 aromatic rings. The predicted octanol–water partition coefficient (Wildman–Crippen LogP) is 2.99. The Kier molecular flexibility index (Phi) is 5.98. The van der Waals surface area contributed by atoms with Gasteiger partial charge in [-0.25, -0.2) is 0 Å². The monoisotopic (exact) mass is 387 g/mol. The van der Waals surface area contributed by atoms with Crippen LogP contribution < -0.4 is 0 Å². The van der Waals surface area contributed by atoms with Gasteiger partial charge in [0.1, 0.15) is 0 Å². The van der Waals surface area contributed by atoms with Crippen LogP contribution in [0.4, 0.5) is 0 Å². The molecule has 1 aliphatic rings. The molecule has 1 atom stereocenters. The minimum Gasteiger partial charge on any atom is -0.394 e. The molecule has 0 aliphatic carbocycles. The maximum atomic E-state index is 12.9. The second-order valence-electron chi connectivity index (χ2n) is 7.30. The Hall–Kier alpha value is -3.02. The zero-order valence-corrected chi connectivity index (χ0v) is 16.3. The summed E-state index contributed by atoms with van der Waals surface area (Å²) in [4.78, 5) is 21.1. The van der Waals surface area contributed by atoms with Crippen LogP contribution in [0.25, 0.3) is 0 Å². The summed E-state index contributed by atoms with van der Waals surface area (Å²) in [5, 5.41) is 10.1. The third-order valence-corrected chi connectivity index (χ3v) is 5.49. The molecule has 148 valence electrons. The number of amides is 1. The molecule has 2 aromatic carbocycles. The van der Waals surface area contributed by atoms with E-state index in [1.807, 2.05) is 12.1 Å². The number of aliphatic hydroxyl groups is 1. The van der Waals surface area contributed by atoms with E-state index in [9.17, 15) is 9.90 Å². The van der Waals surface area contributed by atoms with Crippen LogP contribution in [0.5, 0.6) is 0 Å². The molecule has 2 heterocycles. The maximum Gasteiger partial charge on any atom is 0.255 e. The van der Waals surface area contributed by atoms with Gasteiger partial charge in [-0.1, -0.05) is 60.7 Å². The molecule has 29 heavy (non-hydrogen) atoms. The number of pyridine rings is 1. The molecule has 0 saturated carbocycles. The molecule has 4 rings (SSSR count). The largest absolute Gasteiger partial charge is 0.394 e. The summed E-state index contributed by atoms with van der Waals surface area (Å²) in [6.07, 6.45) is 3.24. The summed E-state index contributed by atoms with van der Waals surface area (Å²) in [5.74, 6) is -0.0761. The van der Waals surface area contributed by atoms with E-state index in [4.69, 9.17) is 0 Å². The Labute approximate surface area is 171 Å². The topological polar surface area (TPSA) is 56.7 Å². The van der Waals surface area contributed by atoms with E-state index in [-0.39, 0.29) is 24.6 Å². The first-order chi connectivity index (χ1) is 14.3. The lowest BCUT2D eigenvalue weighted by Crippen LogP contribution is -2.57. The van der Waals surface area contributed by atoms with E-state index >= 15 is 0 Å². The third kappa shape index (κ3) is 4.21. The molecular weight excluding hydrogens is 362 g/mol. The van der Waals surface area contributed by atoms with Gasteiger partial charge in [0.15, 0.2) is 0 Å². The molecule has 1 amide bonds. The molecule has 1 aliphatic heterocycles. The van der Waals surface area contributed by atoms with Crippen molar-refractivity contribution in [1.29, 1.82) is 0 Å². The minimum atomic E-state index is -0.258. The SMILES string of the molecule is O=C(c1cccnc1)N1CCN(C(c2ccccc2)c2ccccc2)CC1CO. The van der Waals surface area contributed by atoms with Crippen molar-refractivity contribution in [2.24, 2.45) is 0 Å². The maximum absolute atomic E-state index is 12.9. The Balaban J connectivity index is 1.59. The van der Waals surface area contributed by atoms with Crippen LogP contribution in [0.3, 0.4) is 0 Å². The van der Waals surface area contributed by atoms with Gasteiger partial charge < -0.3 is 10.0 Å². The van der Waals surface area contributed by atoms with E-state index in [1.54, 1.807) is 29.4 Å². The molecule has 1 unspecified atom stereocenters. The fourth-order valence-electron chi connectivity index (χ4n) is 4.08. The van der Waals surface area contributed by atoms with Crippen molar-refractivity contribution in [3.8, 4) is 0 Å². The normalized spacial score (nSPS) is 17.4. The van der Waals surface area contributed by atoms with Crippen LogP contribution in [0.1, 0.15) is 27.5 Å². The van der Waals surface area contributed by atoms with Crippen LogP contribution in [0, 0.1) is 0 Å². The number of rotatable bonds is 5. The second kappa shape index (κ2) is 8.99. The second-order valence-corrected chi connectivity index (χ2v) is 7.30. The van der Waals surface area contributed by atoms with Crippen molar-refractivity contribution < 1.29 is 9.90 Å². The number of aliphatic hydroxyl groups excluding tert-OH is 1. The Morgan fingerprint density at radius 3 is 2.17 bits per heavy atom. The lowest BCUT2D eigenvalue weighted by atomic mass is 9.95. The van der Waals surface area contributed by atoms with Crippen molar-refractivity contribution in [2.45, 2.75) is 12.1 Å². The number of benzene rings is 2. The van der Waals surface area contributed by atoms with Gasteiger partial charge >= 0.3 is 0 Å². The number of hydrogen-bond acceptors (Lipinski definition) is 4. The van der Waals surface area contributed by atoms with E-state index in [2.05, 4.69) is 58.4 Å². The van der Waals surface area contributed by atoms with Crippen molar-refractivity contribution in [2.75, 3.05) is 26.2 Å². The Morgan fingerprint density at radius 2 is 1.62 bits per heavy atom. The highest BCUT2D eigenvalue weighted by molar-refractivity contribution is 5.94. The summed E-state index contributed by atoms with van der Waals surface area (Å²) >= 11 is 0. The van der Waals surface area contributed by atoms with Gasteiger partial charge in [0.05, 0.1) is 24.3 Å². The molecule has 5 nitrogen and oxygen atoms in total.